The second kappa shape index (κ2) is 5.94. The van der Waals surface area contributed by atoms with Crippen LogP contribution in [0.15, 0.2) is 24.5 Å². The molecule has 1 atom stereocenters. The monoisotopic (exact) mass is 377 g/mol. The van der Waals surface area contributed by atoms with E-state index in [4.69, 9.17) is 0 Å². The zero-order valence-electron chi connectivity index (χ0n) is 14.9. The Hall–Kier alpha value is -2.16. The summed E-state index contributed by atoms with van der Waals surface area (Å²) in [5, 5.41) is 7.42. The molecule has 1 aliphatic heterocycles. The van der Waals surface area contributed by atoms with Crippen molar-refractivity contribution in [2.75, 3.05) is 18.4 Å². The Morgan fingerprint density at radius 2 is 2.04 bits per heavy atom. The van der Waals surface area contributed by atoms with Crippen molar-refractivity contribution in [3.8, 4) is 0 Å². The molecule has 8 nitrogen and oxygen atoms in total. The van der Waals surface area contributed by atoms with E-state index < -0.39 is 14.6 Å². The third-order valence-corrected chi connectivity index (χ3v) is 8.22. The number of imidazole rings is 1. The lowest BCUT2D eigenvalue weighted by Crippen LogP contribution is -2.50. The fourth-order valence-corrected chi connectivity index (χ4v) is 5.42. The lowest BCUT2D eigenvalue weighted by atomic mass is 10.2. The Bertz CT molecular complexity index is 948. The Kier molecular flexibility index (Phi) is 3.94. The number of rotatable bonds is 5. The van der Waals surface area contributed by atoms with Crippen molar-refractivity contribution in [2.24, 2.45) is 0 Å². The van der Waals surface area contributed by atoms with Crippen LogP contribution in [0.25, 0.3) is 5.65 Å². The molecule has 2 aliphatic rings. The van der Waals surface area contributed by atoms with Crippen molar-refractivity contribution < 1.29 is 13.2 Å². The first-order chi connectivity index (χ1) is 12.3. The fourth-order valence-electron chi connectivity index (χ4n) is 3.46. The topological polar surface area (TPSA) is 96.7 Å². The largest absolute Gasteiger partial charge is 0.364 e. The van der Waals surface area contributed by atoms with Gasteiger partial charge >= 0.3 is 0 Å². The van der Waals surface area contributed by atoms with Gasteiger partial charge in [0.25, 0.3) is 0 Å². The highest BCUT2D eigenvalue weighted by molar-refractivity contribution is 7.94. The van der Waals surface area contributed by atoms with E-state index in [0.29, 0.717) is 31.7 Å². The quantitative estimate of drug-likeness (QED) is 0.838. The highest BCUT2D eigenvalue weighted by Crippen LogP contribution is 2.37. The molecular weight excluding hydrogens is 354 g/mol. The van der Waals surface area contributed by atoms with Crippen LogP contribution in [-0.2, 0) is 14.6 Å². The summed E-state index contributed by atoms with van der Waals surface area (Å²) in [5.41, 5.74) is 0.769. The van der Waals surface area contributed by atoms with Crippen molar-refractivity contribution >= 4 is 27.2 Å². The van der Waals surface area contributed by atoms with Crippen LogP contribution in [0, 0.1) is 0 Å². The summed E-state index contributed by atoms with van der Waals surface area (Å²) in [5.74, 6) is 0.409. The molecule has 2 fully saturated rings. The Morgan fingerprint density at radius 1 is 1.27 bits per heavy atom. The third-order valence-electron chi connectivity index (χ3n) is 5.27. The lowest BCUT2D eigenvalue weighted by molar-refractivity contribution is -0.132. The molecule has 1 saturated carbocycles. The van der Waals surface area contributed by atoms with E-state index in [0.717, 1.165) is 12.1 Å². The van der Waals surface area contributed by atoms with Gasteiger partial charge in [-0.2, -0.15) is 0 Å². The van der Waals surface area contributed by atoms with Crippen LogP contribution < -0.4 is 5.32 Å². The van der Waals surface area contributed by atoms with Gasteiger partial charge in [0.15, 0.2) is 15.5 Å². The molecule has 0 bridgehead atoms. The maximum absolute atomic E-state index is 12.9. The Balaban J connectivity index is 1.43. The number of sulfone groups is 1. The van der Waals surface area contributed by atoms with Gasteiger partial charge in [0, 0.05) is 31.5 Å². The first-order valence-electron chi connectivity index (χ1n) is 8.89. The number of amides is 1. The number of nitrogens with zero attached hydrogens (tertiary/aromatic N) is 4. The molecule has 1 unspecified atom stereocenters. The molecule has 0 radical (unpaired) electrons. The van der Waals surface area contributed by atoms with Gasteiger partial charge in [0.1, 0.15) is 10.6 Å². The van der Waals surface area contributed by atoms with Crippen molar-refractivity contribution in [1.82, 2.24) is 19.5 Å². The van der Waals surface area contributed by atoms with Gasteiger partial charge in [-0.3, -0.25) is 4.79 Å². The molecule has 9 heteroatoms. The first kappa shape index (κ1) is 17.3. The van der Waals surface area contributed by atoms with E-state index in [1.165, 1.54) is 13.8 Å². The van der Waals surface area contributed by atoms with Crippen LogP contribution in [0.3, 0.4) is 0 Å². The Morgan fingerprint density at radius 3 is 2.77 bits per heavy atom. The predicted molar refractivity (Wildman–Crippen MR) is 97.6 cm³/mol. The van der Waals surface area contributed by atoms with Crippen LogP contribution in [0.2, 0.25) is 0 Å². The van der Waals surface area contributed by atoms with Gasteiger partial charge in [-0.1, -0.05) is 0 Å². The highest BCUT2D eigenvalue weighted by Gasteiger charge is 2.52. The SMILES string of the molecule is CC(C)(C(=O)N1CCC(Nc2ccc3nccn3n2)C1)S(=O)(=O)C1CC1. The normalized spacial score (nSPS) is 21.3. The predicted octanol–water partition coefficient (Wildman–Crippen LogP) is 1.10. The molecule has 4 rings (SSSR count). The second-order valence-corrected chi connectivity index (χ2v) is 10.4. The minimum atomic E-state index is -3.43. The number of anilines is 1. The van der Waals surface area contributed by atoms with E-state index in [9.17, 15) is 13.2 Å². The summed E-state index contributed by atoms with van der Waals surface area (Å²) in [7, 11) is -3.43. The summed E-state index contributed by atoms with van der Waals surface area (Å²) in [6.45, 7) is 4.11. The van der Waals surface area contributed by atoms with Crippen LogP contribution in [0.4, 0.5) is 5.82 Å². The van der Waals surface area contributed by atoms with Gasteiger partial charge in [-0.05, 0) is 45.2 Å². The van der Waals surface area contributed by atoms with Crippen LogP contribution in [0.1, 0.15) is 33.1 Å². The number of likely N-dealkylation sites (tertiary alicyclic amines) is 1. The first-order valence-corrected chi connectivity index (χ1v) is 10.4. The number of hydrogen-bond donors (Lipinski definition) is 1. The standard InChI is InChI=1S/C17H23N5O3S/c1-17(2,26(24,25)13-3-4-13)16(23)21-9-7-12(11-21)19-14-5-6-15-18-8-10-22(15)20-14/h5-6,8,10,12-13H,3-4,7,9,11H2,1-2H3,(H,19,20). The molecule has 0 spiro atoms. The van der Waals surface area contributed by atoms with Crippen molar-refractivity contribution in [3.05, 3.63) is 24.5 Å². The Labute approximate surface area is 152 Å². The molecule has 3 heterocycles. The van der Waals surface area contributed by atoms with E-state index in [1.807, 2.05) is 12.1 Å². The van der Waals surface area contributed by atoms with E-state index in [2.05, 4.69) is 15.4 Å². The van der Waals surface area contributed by atoms with Gasteiger partial charge in [0.2, 0.25) is 5.91 Å². The average molecular weight is 377 g/mol. The molecule has 1 saturated heterocycles. The molecular formula is C17H23N5O3S. The van der Waals surface area contributed by atoms with Gasteiger partial charge in [-0.25, -0.2) is 17.9 Å². The minimum Gasteiger partial charge on any atom is -0.364 e. The molecule has 1 aliphatic carbocycles. The number of nitrogens with one attached hydrogen (secondary N) is 1. The summed E-state index contributed by atoms with van der Waals surface area (Å²) >= 11 is 0. The van der Waals surface area contributed by atoms with Gasteiger partial charge < -0.3 is 10.2 Å². The van der Waals surface area contributed by atoms with Gasteiger partial charge in [-0.15, -0.1) is 5.10 Å². The summed E-state index contributed by atoms with van der Waals surface area (Å²) in [6.07, 6.45) is 5.56. The summed E-state index contributed by atoms with van der Waals surface area (Å²) < 4.78 is 25.5. The molecule has 1 N–H and O–H groups in total. The number of hydrogen-bond acceptors (Lipinski definition) is 6. The number of carbonyl (C=O) groups excluding carboxylic acids is 1. The molecule has 26 heavy (non-hydrogen) atoms. The van der Waals surface area contributed by atoms with E-state index >= 15 is 0 Å². The molecule has 140 valence electrons. The summed E-state index contributed by atoms with van der Waals surface area (Å²) in [6, 6.07) is 3.78. The lowest BCUT2D eigenvalue weighted by Gasteiger charge is -2.29. The second-order valence-electron chi connectivity index (χ2n) is 7.58. The smallest absolute Gasteiger partial charge is 0.243 e. The van der Waals surface area contributed by atoms with Crippen LogP contribution in [0.5, 0.6) is 0 Å². The average Bonchev–Trinajstić information content (AvgIpc) is 3.20. The number of carbonyl (C=O) groups is 1. The zero-order chi connectivity index (χ0) is 18.5. The maximum Gasteiger partial charge on any atom is 0.243 e. The fraction of sp³-hybridized carbons (Fsp3) is 0.588. The molecule has 2 aromatic rings. The molecule has 2 aromatic heterocycles. The molecule has 1 amide bonds. The van der Waals surface area contributed by atoms with E-state index in [1.54, 1.807) is 21.8 Å². The van der Waals surface area contributed by atoms with Crippen molar-refractivity contribution in [1.29, 1.82) is 0 Å². The van der Waals surface area contributed by atoms with Crippen molar-refractivity contribution in [2.45, 2.75) is 49.1 Å². The van der Waals surface area contributed by atoms with Crippen molar-refractivity contribution in [3.63, 3.8) is 0 Å². The van der Waals surface area contributed by atoms with E-state index in [-0.39, 0.29) is 17.2 Å². The minimum absolute atomic E-state index is 0.0480. The van der Waals surface area contributed by atoms with Crippen LogP contribution >= 0.6 is 0 Å². The summed E-state index contributed by atoms with van der Waals surface area (Å²) in [4.78, 5) is 18.7. The molecule has 0 aromatic carbocycles. The van der Waals surface area contributed by atoms with Crippen LogP contribution in [-0.4, -0.2) is 63.0 Å². The maximum atomic E-state index is 12.9. The number of aromatic nitrogens is 3. The highest BCUT2D eigenvalue weighted by atomic mass is 32.2. The van der Waals surface area contributed by atoms with Gasteiger partial charge in [0.05, 0.1) is 5.25 Å². The number of fused-ring (bicyclic) bond motifs is 1. The zero-order valence-corrected chi connectivity index (χ0v) is 15.7. The third kappa shape index (κ3) is 2.84.